The van der Waals surface area contributed by atoms with Crippen LogP contribution in [0.2, 0.25) is 0 Å². The van der Waals surface area contributed by atoms with Crippen LogP contribution in [-0.2, 0) is 9.59 Å². The third kappa shape index (κ3) is 5.13. The minimum Gasteiger partial charge on any atom is -0.497 e. The van der Waals surface area contributed by atoms with Gasteiger partial charge in [-0.3, -0.25) is 9.59 Å². The topological polar surface area (TPSA) is 67.9 Å². The SMILES string of the molecule is CCN(CCOc1cccc(OC)c1)C(=O)[C@@H]1CCCC[C@@H]1C(=O)NC. The summed E-state index contributed by atoms with van der Waals surface area (Å²) in [5.41, 5.74) is 0. The van der Waals surface area contributed by atoms with Gasteiger partial charge in [0.1, 0.15) is 18.1 Å². The number of ether oxygens (including phenoxy) is 2. The molecule has 26 heavy (non-hydrogen) atoms. The van der Waals surface area contributed by atoms with E-state index in [1.807, 2.05) is 31.2 Å². The van der Waals surface area contributed by atoms with Gasteiger partial charge in [0.2, 0.25) is 11.8 Å². The maximum Gasteiger partial charge on any atom is 0.226 e. The van der Waals surface area contributed by atoms with Gasteiger partial charge in [-0.1, -0.05) is 18.9 Å². The molecule has 2 amide bonds. The number of hydrogen-bond acceptors (Lipinski definition) is 4. The van der Waals surface area contributed by atoms with E-state index in [2.05, 4.69) is 5.32 Å². The molecule has 1 N–H and O–H groups in total. The standard InChI is InChI=1S/C20H30N2O4/c1-4-22(12-13-26-16-9-7-8-15(14-16)25-3)20(24)18-11-6-5-10-17(18)19(23)21-2/h7-9,14,17-18H,4-6,10-13H2,1-3H3,(H,21,23)/t17-,18+/m0/s1. The molecule has 1 saturated carbocycles. The summed E-state index contributed by atoms with van der Waals surface area (Å²) in [5.74, 6) is 1.06. The molecular formula is C20H30N2O4. The molecule has 144 valence electrons. The zero-order valence-corrected chi connectivity index (χ0v) is 16.0. The Morgan fingerprint density at radius 1 is 1.19 bits per heavy atom. The Morgan fingerprint density at radius 2 is 1.88 bits per heavy atom. The van der Waals surface area contributed by atoms with Gasteiger partial charge in [-0.2, -0.15) is 0 Å². The molecule has 0 saturated heterocycles. The third-order valence-electron chi connectivity index (χ3n) is 5.03. The van der Waals surface area contributed by atoms with Gasteiger partial charge in [-0.15, -0.1) is 0 Å². The van der Waals surface area contributed by atoms with Gasteiger partial charge in [0.15, 0.2) is 0 Å². The van der Waals surface area contributed by atoms with Crippen molar-refractivity contribution in [2.75, 3.05) is 33.9 Å². The number of rotatable bonds is 8. The summed E-state index contributed by atoms with van der Waals surface area (Å²) >= 11 is 0. The molecule has 1 fully saturated rings. The first-order valence-electron chi connectivity index (χ1n) is 9.38. The molecule has 1 aliphatic rings. The largest absolute Gasteiger partial charge is 0.497 e. The quantitative estimate of drug-likeness (QED) is 0.771. The number of amides is 2. The van der Waals surface area contributed by atoms with Crippen LogP contribution in [0.15, 0.2) is 24.3 Å². The number of benzene rings is 1. The summed E-state index contributed by atoms with van der Waals surface area (Å²) in [4.78, 5) is 26.9. The summed E-state index contributed by atoms with van der Waals surface area (Å²) in [7, 11) is 3.25. The van der Waals surface area contributed by atoms with Crippen LogP contribution in [0.5, 0.6) is 11.5 Å². The monoisotopic (exact) mass is 362 g/mol. The zero-order valence-electron chi connectivity index (χ0n) is 16.0. The average molecular weight is 362 g/mol. The molecule has 1 aromatic rings. The molecule has 1 aromatic carbocycles. The second kappa shape index (κ2) is 10.0. The molecule has 0 aromatic heterocycles. The fraction of sp³-hybridized carbons (Fsp3) is 0.600. The molecule has 1 aliphatic carbocycles. The van der Waals surface area contributed by atoms with Crippen LogP contribution in [0.1, 0.15) is 32.6 Å². The van der Waals surface area contributed by atoms with Crippen LogP contribution < -0.4 is 14.8 Å². The maximum atomic E-state index is 13.0. The minimum absolute atomic E-state index is 0.0215. The lowest BCUT2D eigenvalue weighted by Crippen LogP contribution is -2.45. The lowest BCUT2D eigenvalue weighted by Gasteiger charge is -2.33. The molecular weight excluding hydrogens is 332 g/mol. The predicted molar refractivity (Wildman–Crippen MR) is 100 cm³/mol. The van der Waals surface area contributed by atoms with Crippen molar-refractivity contribution in [1.82, 2.24) is 10.2 Å². The highest BCUT2D eigenvalue weighted by Crippen LogP contribution is 2.31. The summed E-state index contributed by atoms with van der Waals surface area (Å²) in [6, 6.07) is 7.41. The zero-order chi connectivity index (χ0) is 18.9. The number of hydrogen-bond donors (Lipinski definition) is 1. The molecule has 0 unspecified atom stereocenters. The smallest absolute Gasteiger partial charge is 0.226 e. The molecule has 0 aliphatic heterocycles. The Labute approximate surface area is 155 Å². The molecule has 6 nitrogen and oxygen atoms in total. The average Bonchev–Trinajstić information content (AvgIpc) is 2.70. The number of nitrogens with zero attached hydrogens (tertiary/aromatic N) is 1. The Kier molecular flexibility index (Phi) is 7.75. The Balaban J connectivity index is 1.93. The number of likely N-dealkylation sites (N-methyl/N-ethyl adjacent to an activating group) is 1. The molecule has 0 radical (unpaired) electrons. The van der Waals surface area contributed by atoms with Crippen molar-refractivity contribution in [3.63, 3.8) is 0 Å². The van der Waals surface area contributed by atoms with E-state index >= 15 is 0 Å². The van der Waals surface area contributed by atoms with E-state index in [0.717, 1.165) is 31.4 Å². The lowest BCUT2D eigenvalue weighted by molar-refractivity contribution is -0.143. The molecule has 0 bridgehead atoms. The van der Waals surface area contributed by atoms with Crippen LogP contribution in [-0.4, -0.2) is 50.6 Å². The van der Waals surface area contributed by atoms with Gasteiger partial charge in [-0.05, 0) is 31.9 Å². The third-order valence-corrected chi connectivity index (χ3v) is 5.03. The molecule has 2 rings (SSSR count). The Bertz CT molecular complexity index is 605. The first kappa shape index (κ1) is 20.1. The first-order valence-corrected chi connectivity index (χ1v) is 9.38. The summed E-state index contributed by atoms with van der Waals surface area (Å²) < 4.78 is 10.9. The van der Waals surface area contributed by atoms with Crippen molar-refractivity contribution in [3.8, 4) is 11.5 Å². The Hall–Kier alpha value is -2.24. The van der Waals surface area contributed by atoms with Crippen molar-refractivity contribution in [2.24, 2.45) is 11.8 Å². The lowest BCUT2D eigenvalue weighted by atomic mass is 9.78. The fourth-order valence-corrected chi connectivity index (χ4v) is 3.55. The van der Waals surface area contributed by atoms with E-state index in [4.69, 9.17) is 9.47 Å². The van der Waals surface area contributed by atoms with Gasteiger partial charge in [-0.25, -0.2) is 0 Å². The van der Waals surface area contributed by atoms with Crippen molar-refractivity contribution in [1.29, 1.82) is 0 Å². The maximum absolute atomic E-state index is 13.0. The van der Waals surface area contributed by atoms with Crippen molar-refractivity contribution >= 4 is 11.8 Å². The van der Waals surface area contributed by atoms with Gasteiger partial charge in [0.05, 0.1) is 13.7 Å². The second-order valence-electron chi connectivity index (χ2n) is 6.56. The van der Waals surface area contributed by atoms with Gasteiger partial charge < -0.3 is 19.7 Å². The van der Waals surface area contributed by atoms with E-state index in [9.17, 15) is 9.59 Å². The molecule has 6 heteroatoms. The summed E-state index contributed by atoms with van der Waals surface area (Å²) in [6.07, 6.45) is 3.58. The highest BCUT2D eigenvalue weighted by molar-refractivity contribution is 5.87. The number of methoxy groups -OCH3 is 1. The van der Waals surface area contributed by atoms with Crippen LogP contribution in [0.3, 0.4) is 0 Å². The van der Waals surface area contributed by atoms with E-state index < -0.39 is 0 Å². The summed E-state index contributed by atoms with van der Waals surface area (Å²) in [5, 5.41) is 2.71. The van der Waals surface area contributed by atoms with Crippen molar-refractivity contribution in [2.45, 2.75) is 32.6 Å². The highest BCUT2D eigenvalue weighted by Gasteiger charge is 2.37. The second-order valence-corrected chi connectivity index (χ2v) is 6.56. The summed E-state index contributed by atoms with van der Waals surface area (Å²) in [6.45, 7) is 3.48. The fourth-order valence-electron chi connectivity index (χ4n) is 3.55. The van der Waals surface area contributed by atoms with E-state index in [-0.39, 0.29) is 23.7 Å². The van der Waals surface area contributed by atoms with E-state index in [1.165, 1.54) is 0 Å². The Morgan fingerprint density at radius 3 is 2.54 bits per heavy atom. The van der Waals surface area contributed by atoms with Crippen molar-refractivity contribution in [3.05, 3.63) is 24.3 Å². The number of carbonyl (C=O) groups excluding carboxylic acids is 2. The van der Waals surface area contributed by atoms with Gasteiger partial charge in [0.25, 0.3) is 0 Å². The molecule has 0 spiro atoms. The number of carbonyl (C=O) groups is 2. The highest BCUT2D eigenvalue weighted by atomic mass is 16.5. The predicted octanol–water partition coefficient (Wildman–Crippen LogP) is 2.47. The van der Waals surface area contributed by atoms with Gasteiger partial charge >= 0.3 is 0 Å². The van der Waals surface area contributed by atoms with Crippen molar-refractivity contribution < 1.29 is 19.1 Å². The van der Waals surface area contributed by atoms with E-state index in [1.54, 1.807) is 19.1 Å². The number of nitrogens with one attached hydrogen (secondary N) is 1. The van der Waals surface area contributed by atoms with Crippen LogP contribution in [0.4, 0.5) is 0 Å². The van der Waals surface area contributed by atoms with Crippen LogP contribution >= 0.6 is 0 Å². The van der Waals surface area contributed by atoms with Gasteiger partial charge in [0, 0.05) is 31.5 Å². The van der Waals surface area contributed by atoms with Crippen LogP contribution in [0.25, 0.3) is 0 Å². The minimum atomic E-state index is -0.222. The normalized spacial score (nSPS) is 19.5. The molecule has 2 atom stereocenters. The van der Waals surface area contributed by atoms with Crippen LogP contribution in [0, 0.1) is 11.8 Å². The first-order chi connectivity index (χ1) is 12.6. The van der Waals surface area contributed by atoms with E-state index in [0.29, 0.717) is 25.4 Å². The molecule has 0 heterocycles.